The fourth-order valence-electron chi connectivity index (χ4n) is 4.14. The largest absolute Gasteiger partial charge is 0.378 e. The lowest BCUT2D eigenvalue weighted by Gasteiger charge is -2.36. The zero-order chi connectivity index (χ0) is 20.4. The first-order chi connectivity index (χ1) is 13.3. The zero-order valence-electron chi connectivity index (χ0n) is 17.4. The summed E-state index contributed by atoms with van der Waals surface area (Å²) in [6.45, 7) is 4.25. The van der Waals surface area contributed by atoms with Gasteiger partial charge in [-0.3, -0.25) is 5.32 Å². The number of nitrogens with zero attached hydrogens (tertiary/aromatic N) is 1. The predicted octanol–water partition coefficient (Wildman–Crippen LogP) is 4.56. The van der Waals surface area contributed by atoms with Crippen molar-refractivity contribution in [3.8, 4) is 0 Å². The van der Waals surface area contributed by atoms with Gasteiger partial charge >= 0.3 is 0 Å². The van der Waals surface area contributed by atoms with Crippen LogP contribution in [0.25, 0.3) is 0 Å². The third kappa shape index (κ3) is 4.11. The Morgan fingerprint density at radius 1 is 1.11 bits per heavy atom. The van der Waals surface area contributed by atoms with Gasteiger partial charge in [0, 0.05) is 25.3 Å². The summed E-state index contributed by atoms with van der Waals surface area (Å²) in [5, 5.41) is 3.81. The van der Waals surface area contributed by atoms with Gasteiger partial charge in [-0.15, -0.1) is 0 Å². The lowest BCUT2D eigenvalue weighted by atomic mass is 9.88. The van der Waals surface area contributed by atoms with Crippen molar-refractivity contribution in [2.45, 2.75) is 56.0 Å². The van der Waals surface area contributed by atoms with Crippen LogP contribution in [-0.2, 0) is 9.84 Å². The van der Waals surface area contributed by atoms with Gasteiger partial charge in [-0.1, -0.05) is 57.0 Å². The average Bonchev–Trinajstić information content (AvgIpc) is 2.79. The zero-order valence-corrected chi connectivity index (χ0v) is 18.2. The number of rotatable bonds is 6. The molecule has 0 spiro atoms. The first-order valence-corrected chi connectivity index (χ1v) is 11.8. The number of anilines is 1. The van der Waals surface area contributed by atoms with Crippen molar-refractivity contribution in [2.75, 3.05) is 24.7 Å². The van der Waals surface area contributed by atoms with E-state index < -0.39 is 15.4 Å². The molecule has 0 saturated heterocycles. The van der Waals surface area contributed by atoms with Crippen LogP contribution in [0, 0.1) is 0 Å². The molecule has 0 saturated carbocycles. The summed E-state index contributed by atoms with van der Waals surface area (Å²) in [7, 11) is 0.570. The molecule has 0 aliphatic carbocycles. The molecule has 152 valence electrons. The van der Waals surface area contributed by atoms with E-state index in [0.717, 1.165) is 42.5 Å². The number of sulfone groups is 1. The van der Waals surface area contributed by atoms with Crippen LogP contribution < -0.4 is 10.2 Å². The maximum atomic E-state index is 13.4. The van der Waals surface area contributed by atoms with Crippen molar-refractivity contribution in [1.82, 2.24) is 5.32 Å². The molecular weight excluding hydrogens is 368 g/mol. The van der Waals surface area contributed by atoms with E-state index in [9.17, 15) is 8.42 Å². The topological polar surface area (TPSA) is 49.4 Å². The molecule has 1 aliphatic heterocycles. The Balaban J connectivity index is 2.23. The molecule has 2 unspecified atom stereocenters. The van der Waals surface area contributed by atoms with Crippen LogP contribution in [0.3, 0.4) is 0 Å². The van der Waals surface area contributed by atoms with Gasteiger partial charge < -0.3 is 4.90 Å². The highest BCUT2D eigenvalue weighted by atomic mass is 32.2. The Hall–Kier alpha value is -1.85. The van der Waals surface area contributed by atoms with Crippen LogP contribution in [-0.4, -0.2) is 33.8 Å². The molecule has 0 radical (unpaired) electrons. The molecule has 1 heterocycles. The molecule has 2 aromatic rings. The van der Waals surface area contributed by atoms with Gasteiger partial charge in [0.05, 0.1) is 16.7 Å². The number of unbranched alkanes of at least 4 members (excludes halogenated alkanes) is 1. The summed E-state index contributed by atoms with van der Waals surface area (Å²) in [4.78, 5) is 2.48. The normalized spacial score (nSPS) is 23.6. The van der Waals surface area contributed by atoms with Gasteiger partial charge in [-0.05, 0) is 42.2 Å². The van der Waals surface area contributed by atoms with Crippen molar-refractivity contribution in [1.29, 1.82) is 0 Å². The molecule has 2 atom stereocenters. The van der Waals surface area contributed by atoms with E-state index in [1.165, 1.54) is 0 Å². The summed E-state index contributed by atoms with van der Waals surface area (Å²) in [5.74, 6) is 0.147. The fraction of sp³-hybridized carbons (Fsp3) is 0.478. The van der Waals surface area contributed by atoms with Crippen LogP contribution >= 0.6 is 0 Å². The Morgan fingerprint density at radius 2 is 1.82 bits per heavy atom. The Labute approximate surface area is 169 Å². The molecule has 0 fully saturated rings. The molecule has 1 N–H and O–H groups in total. The van der Waals surface area contributed by atoms with Crippen LogP contribution in [0.4, 0.5) is 5.69 Å². The van der Waals surface area contributed by atoms with Crippen molar-refractivity contribution < 1.29 is 8.42 Å². The monoisotopic (exact) mass is 400 g/mol. The molecule has 4 nitrogen and oxygen atoms in total. The Kier molecular flexibility index (Phi) is 6.15. The molecule has 0 bridgehead atoms. The van der Waals surface area contributed by atoms with Crippen molar-refractivity contribution in [3.63, 3.8) is 0 Å². The Morgan fingerprint density at radius 3 is 2.43 bits per heavy atom. The van der Waals surface area contributed by atoms with Gasteiger partial charge in [0.2, 0.25) is 0 Å². The fourth-order valence-corrected chi connectivity index (χ4v) is 6.26. The minimum atomic E-state index is -3.39. The molecule has 1 aliphatic rings. The van der Waals surface area contributed by atoms with Crippen LogP contribution in [0.2, 0.25) is 0 Å². The van der Waals surface area contributed by atoms with E-state index >= 15 is 0 Å². The minimum absolute atomic E-state index is 0.147. The quantitative estimate of drug-likeness (QED) is 0.772. The van der Waals surface area contributed by atoms with Gasteiger partial charge in [-0.25, -0.2) is 8.42 Å². The van der Waals surface area contributed by atoms with Crippen LogP contribution in [0.1, 0.15) is 56.7 Å². The summed E-state index contributed by atoms with van der Waals surface area (Å²) < 4.78 is 26.9. The summed E-state index contributed by atoms with van der Waals surface area (Å²) in [5.41, 5.74) is 2.54. The maximum Gasteiger partial charge on any atom is 0.180 e. The van der Waals surface area contributed by atoms with Crippen molar-refractivity contribution >= 4 is 15.5 Å². The number of hydrogen-bond acceptors (Lipinski definition) is 4. The van der Waals surface area contributed by atoms with Gasteiger partial charge in [-0.2, -0.15) is 0 Å². The average molecular weight is 401 g/mol. The maximum absolute atomic E-state index is 13.4. The summed E-state index contributed by atoms with van der Waals surface area (Å²) in [6, 6.07) is 15.8. The SMILES string of the molecule is CCCCC1(CC)CS(=O)(=O)c2ccc(N(C)C)cc2C(c2ccccc2)N1. The highest BCUT2D eigenvalue weighted by Gasteiger charge is 2.41. The number of benzene rings is 2. The predicted molar refractivity (Wildman–Crippen MR) is 117 cm³/mol. The second-order valence-corrected chi connectivity index (χ2v) is 10.1. The number of nitrogens with one attached hydrogen (secondary N) is 1. The van der Waals surface area contributed by atoms with Crippen LogP contribution in [0.5, 0.6) is 0 Å². The number of hydrogen-bond donors (Lipinski definition) is 1. The molecule has 0 amide bonds. The van der Waals surface area contributed by atoms with Crippen LogP contribution in [0.15, 0.2) is 53.4 Å². The van der Waals surface area contributed by atoms with E-state index in [-0.39, 0.29) is 11.8 Å². The lowest BCUT2D eigenvalue weighted by Crippen LogP contribution is -2.50. The minimum Gasteiger partial charge on any atom is -0.378 e. The van der Waals surface area contributed by atoms with E-state index in [4.69, 9.17) is 0 Å². The van der Waals surface area contributed by atoms with E-state index in [0.29, 0.717) is 4.90 Å². The van der Waals surface area contributed by atoms with E-state index in [1.54, 1.807) is 6.07 Å². The van der Waals surface area contributed by atoms with E-state index in [1.807, 2.05) is 49.3 Å². The summed E-state index contributed by atoms with van der Waals surface area (Å²) in [6.07, 6.45) is 3.70. The van der Waals surface area contributed by atoms with Crippen molar-refractivity contribution in [3.05, 3.63) is 59.7 Å². The van der Waals surface area contributed by atoms with Gasteiger partial charge in [0.15, 0.2) is 9.84 Å². The Bertz CT molecular complexity index is 909. The first kappa shape index (κ1) is 20.9. The second kappa shape index (κ2) is 8.26. The molecule has 5 heteroatoms. The summed E-state index contributed by atoms with van der Waals surface area (Å²) >= 11 is 0. The third-order valence-corrected chi connectivity index (χ3v) is 7.87. The van der Waals surface area contributed by atoms with E-state index in [2.05, 4.69) is 31.3 Å². The first-order valence-electron chi connectivity index (χ1n) is 10.2. The third-order valence-electron chi connectivity index (χ3n) is 5.89. The molecular formula is C23H32N2O2S. The van der Waals surface area contributed by atoms with Gasteiger partial charge in [0.25, 0.3) is 0 Å². The van der Waals surface area contributed by atoms with Crippen molar-refractivity contribution in [2.24, 2.45) is 0 Å². The molecule has 3 rings (SSSR count). The highest BCUT2D eigenvalue weighted by Crippen LogP contribution is 2.39. The second-order valence-electron chi connectivity index (χ2n) is 8.10. The number of fused-ring (bicyclic) bond motifs is 1. The highest BCUT2D eigenvalue weighted by molar-refractivity contribution is 7.91. The molecule has 28 heavy (non-hydrogen) atoms. The standard InChI is InChI=1S/C23H32N2O2S/c1-5-7-15-23(6-2)17-28(26,27)21-14-13-19(25(3)4)16-20(21)22(24-23)18-11-9-8-10-12-18/h8-14,16,22,24H,5-7,15,17H2,1-4H3. The van der Waals surface area contributed by atoms with Gasteiger partial charge in [0.1, 0.15) is 0 Å². The smallest absolute Gasteiger partial charge is 0.180 e. The molecule has 2 aromatic carbocycles. The lowest BCUT2D eigenvalue weighted by molar-refractivity contribution is 0.295. The molecule has 0 aromatic heterocycles.